The number of rotatable bonds is 6. The summed E-state index contributed by atoms with van der Waals surface area (Å²) in [6.07, 6.45) is 0.624. The highest BCUT2D eigenvalue weighted by Crippen LogP contribution is 2.37. The van der Waals surface area contributed by atoms with E-state index in [9.17, 15) is 18.0 Å². The van der Waals surface area contributed by atoms with E-state index >= 15 is 0 Å². The predicted molar refractivity (Wildman–Crippen MR) is 125 cm³/mol. The van der Waals surface area contributed by atoms with E-state index in [1.165, 1.54) is 18.5 Å². The number of benzene rings is 2. The molecule has 6 nitrogen and oxygen atoms in total. The minimum atomic E-state index is -4.62. The van der Waals surface area contributed by atoms with Crippen molar-refractivity contribution in [3.63, 3.8) is 0 Å². The van der Waals surface area contributed by atoms with Crippen molar-refractivity contribution in [2.75, 3.05) is 12.4 Å². The highest BCUT2D eigenvalue weighted by molar-refractivity contribution is 6.04. The second-order valence-corrected chi connectivity index (χ2v) is 7.78. The second kappa shape index (κ2) is 9.92. The lowest BCUT2D eigenvalue weighted by Crippen LogP contribution is -2.14. The van der Waals surface area contributed by atoms with Gasteiger partial charge in [-0.3, -0.25) is 9.78 Å². The van der Waals surface area contributed by atoms with Gasteiger partial charge < -0.3 is 10.1 Å². The van der Waals surface area contributed by atoms with Crippen LogP contribution >= 0.6 is 0 Å². The quantitative estimate of drug-likeness (QED) is 0.384. The van der Waals surface area contributed by atoms with Crippen molar-refractivity contribution < 1.29 is 22.7 Å². The topological polar surface area (TPSA) is 77.0 Å². The number of alkyl halides is 3. The van der Waals surface area contributed by atoms with Crippen molar-refractivity contribution in [2.24, 2.45) is 0 Å². The van der Waals surface area contributed by atoms with Crippen LogP contribution in [0.1, 0.15) is 32.7 Å². The van der Waals surface area contributed by atoms with Gasteiger partial charge in [-0.1, -0.05) is 6.07 Å². The molecule has 0 radical (unpaired) electrons. The molecule has 0 saturated carbocycles. The number of nitrogens with zero attached hydrogens (tertiary/aromatic N) is 3. The third-order valence-electron chi connectivity index (χ3n) is 5.48. The Labute approximate surface area is 199 Å². The van der Waals surface area contributed by atoms with Crippen LogP contribution < -0.4 is 10.1 Å². The number of carbonyl (C=O) groups excluding carboxylic acids is 1. The van der Waals surface area contributed by atoms with Gasteiger partial charge in [-0.15, -0.1) is 0 Å². The van der Waals surface area contributed by atoms with Crippen molar-refractivity contribution in [3.05, 3.63) is 101 Å². The summed E-state index contributed by atoms with van der Waals surface area (Å²) in [7, 11) is 1.16. The number of methoxy groups -OCH3 is 1. The maximum Gasteiger partial charge on any atom is 0.420 e. The summed E-state index contributed by atoms with van der Waals surface area (Å²) >= 11 is 0. The van der Waals surface area contributed by atoms with Gasteiger partial charge in [-0.05, 0) is 66.6 Å². The Morgan fingerprint density at radius 3 is 2.57 bits per heavy atom. The van der Waals surface area contributed by atoms with Gasteiger partial charge in [-0.2, -0.15) is 13.2 Å². The fourth-order valence-electron chi connectivity index (χ4n) is 3.66. The highest BCUT2D eigenvalue weighted by atomic mass is 19.4. The van der Waals surface area contributed by atoms with E-state index in [4.69, 9.17) is 4.74 Å². The Balaban J connectivity index is 1.60. The molecule has 2 aromatic heterocycles. The maximum atomic E-state index is 13.3. The van der Waals surface area contributed by atoms with Crippen LogP contribution in [0.4, 0.5) is 18.9 Å². The number of hydrogen-bond acceptors (Lipinski definition) is 5. The summed E-state index contributed by atoms with van der Waals surface area (Å²) in [6.45, 7) is 1.92. The SMILES string of the molecule is COc1ccc(NC(=O)c2ccc(C)c(Cc3ncccc3-c3ccncn3)c2)cc1C(F)(F)F. The number of aromatic nitrogens is 3. The first kappa shape index (κ1) is 23.9. The summed E-state index contributed by atoms with van der Waals surface area (Å²) < 4.78 is 44.8. The van der Waals surface area contributed by atoms with Crippen molar-refractivity contribution in [1.82, 2.24) is 15.0 Å². The molecule has 0 fully saturated rings. The van der Waals surface area contributed by atoms with Crippen molar-refractivity contribution in [3.8, 4) is 17.0 Å². The second-order valence-electron chi connectivity index (χ2n) is 7.78. The number of nitrogens with one attached hydrogen (secondary N) is 1. The first-order valence-corrected chi connectivity index (χ1v) is 10.6. The molecule has 4 rings (SSSR count). The molecular weight excluding hydrogens is 457 g/mol. The molecular formula is C26H21F3N4O2. The molecule has 35 heavy (non-hydrogen) atoms. The van der Waals surface area contributed by atoms with E-state index in [0.29, 0.717) is 12.0 Å². The Bertz CT molecular complexity index is 1360. The van der Waals surface area contributed by atoms with Gasteiger partial charge >= 0.3 is 6.18 Å². The van der Waals surface area contributed by atoms with Gasteiger partial charge in [0.2, 0.25) is 0 Å². The molecule has 0 bridgehead atoms. The Morgan fingerprint density at radius 2 is 1.86 bits per heavy atom. The summed E-state index contributed by atoms with van der Waals surface area (Å²) in [6, 6.07) is 14.1. The third kappa shape index (κ3) is 5.46. The zero-order chi connectivity index (χ0) is 25.0. The lowest BCUT2D eigenvalue weighted by atomic mass is 9.97. The molecule has 0 atom stereocenters. The van der Waals surface area contributed by atoms with Crippen molar-refractivity contribution >= 4 is 11.6 Å². The lowest BCUT2D eigenvalue weighted by Gasteiger charge is -2.15. The van der Waals surface area contributed by atoms with Crippen LogP contribution in [0.25, 0.3) is 11.3 Å². The predicted octanol–water partition coefficient (Wildman–Crippen LogP) is 5.72. The molecule has 1 amide bonds. The zero-order valence-corrected chi connectivity index (χ0v) is 18.9. The van der Waals surface area contributed by atoms with Gasteiger partial charge in [0, 0.05) is 35.6 Å². The normalized spacial score (nSPS) is 11.2. The monoisotopic (exact) mass is 478 g/mol. The van der Waals surface area contributed by atoms with E-state index in [0.717, 1.165) is 41.3 Å². The summed E-state index contributed by atoms with van der Waals surface area (Å²) in [4.78, 5) is 25.6. The van der Waals surface area contributed by atoms with Crippen LogP contribution in [0.5, 0.6) is 5.75 Å². The standard InChI is InChI=1S/C26H21F3N4O2/c1-16-5-6-17(25(34)33-19-7-8-24(35-2)21(14-19)26(27,28)29)12-18(16)13-23-20(4-3-10-31-23)22-9-11-30-15-32-22/h3-12,14-15H,13H2,1-2H3,(H,33,34). The number of amides is 1. The number of aryl methyl sites for hydroxylation is 1. The molecule has 4 aromatic rings. The molecule has 178 valence electrons. The number of anilines is 1. The minimum absolute atomic E-state index is 0.0148. The van der Waals surface area contributed by atoms with Gasteiger partial charge in [-0.25, -0.2) is 9.97 Å². The maximum absolute atomic E-state index is 13.3. The molecule has 0 aliphatic heterocycles. The highest BCUT2D eigenvalue weighted by Gasteiger charge is 2.34. The Kier molecular flexibility index (Phi) is 6.77. The molecule has 0 spiro atoms. The van der Waals surface area contributed by atoms with Crippen LogP contribution in [0.2, 0.25) is 0 Å². The molecule has 2 heterocycles. The van der Waals surface area contributed by atoms with Crippen molar-refractivity contribution in [2.45, 2.75) is 19.5 Å². The van der Waals surface area contributed by atoms with E-state index in [2.05, 4.69) is 20.3 Å². The van der Waals surface area contributed by atoms with Gasteiger partial charge in [0.25, 0.3) is 5.91 Å². The van der Waals surface area contributed by atoms with Crippen LogP contribution in [-0.4, -0.2) is 28.0 Å². The molecule has 1 N–H and O–H groups in total. The molecule has 9 heteroatoms. The third-order valence-corrected chi connectivity index (χ3v) is 5.48. The van der Waals surface area contributed by atoms with Crippen LogP contribution in [0.3, 0.4) is 0 Å². The van der Waals surface area contributed by atoms with Gasteiger partial charge in [0.15, 0.2) is 0 Å². The fraction of sp³-hybridized carbons (Fsp3) is 0.154. The largest absolute Gasteiger partial charge is 0.496 e. The van der Waals surface area contributed by atoms with Crippen molar-refractivity contribution in [1.29, 1.82) is 0 Å². The van der Waals surface area contributed by atoms with E-state index in [1.807, 2.05) is 19.1 Å². The number of carbonyl (C=O) groups is 1. The summed E-state index contributed by atoms with van der Waals surface area (Å²) in [5.41, 5.74) is 3.53. The van der Waals surface area contributed by atoms with E-state index in [1.54, 1.807) is 36.7 Å². The van der Waals surface area contributed by atoms with Crippen LogP contribution in [0, 0.1) is 6.92 Å². The summed E-state index contributed by atoms with van der Waals surface area (Å²) in [5, 5.41) is 2.54. The molecule has 0 unspecified atom stereocenters. The lowest BCUT2D eigenvalue weighted by molar-refractivity contribution is -0.138. The molecule has 0 aliphatic rings. The molecule has 2 aromatic carbocycles. The average Bonchev–Trinajstić information content (AvgIpc) is 2.85. The number of hydrogen-bond donors (Lipinski definition) is 1. The van der Waals surface area contributed by atoms with Crippen LogP contribution in [0.15, 0.2) is 73.3 Å². The summed E-state index contributed by atoms with van der Waals surface area (Å²) in [5.74, 6) is -0.843. The fourth-order valence-corrected chi connectivity index (χ4v) is 3.66. The smallest absolute Gasteiger partial charge is 0.420 e. The molecule has 0 saturated heterocycles. The zero-order valence-electron chi connectivity index (χ0n) is 18.9. The van der Waals surface area contributed by atoms with Gasteiger partial charge in [0.1, 0.15) is 12.1 Å². The number of pyridine rings is 1. The first-order chi connectivity index (χ1) is 16.8. The number of ether oxygens (including phenoxy) is 1. The van der Waals surface area contributed by atoms with Gasteiger partial charge in [0.05, 0.1) is 24.1 Å². The number of halogens is 3. The Hall–Kier alpha value is -4.27. The van der Waals surface area contributed by atoms with E-state index in [-0.39, 0.29) is 11.4 Å². The average molecular weight is 478 g/mol. The van der Waals surface area contributed by atoms with E-state index < -0.39 is 17.6 Å². The van der Waals surface area contributed by atoms with Crippen LogP contribution in [-0.2, 0) is 12.6 Å². The first-order valence-electron chi connectivity index (χ1n) is 10.6. The minimum Gasteiger partial charge on any atom is -0.496 e. The molecule has 0 aliphatic carbocycles. The Morgan fingerprint density at radius 1 is 1.03 bits per heavy atom.